The second kappa shape index (κ2) is 8.59. The molecular formula is C19H20N2O3. The van der Waals surface area contributed by atoms with Crippen molar-refractivity contribution in [1.29, 1.82) is 5.26 Å². The van der Waals surface area contributed by atoms with Crippen LogP contribution in [-0.4, -0.2) is 25.2 Å². The van der Waals surface area contributed by atoms with Crippen LogP contribution in [0.25, 0.3) is 0 Å². The van der Waals surface area contributed by atoms with E-state index >= 15 is 0 Å². The summed E-state index contributed by atoms with van der Waals surface area (Å²) in [5.74, 6) is 0.922. The van der Waals surface area contributed by atoms with Crippen LogP contribution >= 0.6 is 0 Å². The molecule has 5 nitrogen and oxygen atoms in total. The molecule has 0 heterocycles. The highest BCUT2D eigenvalue weighted by molar-refractivity contribution is 5.80. The van der Waals surface area contributed by atoms with Crippen molar-refractivity contribution in [3.8, 4) is 17.6 Å². The average molecular weight is 324 g/mol. The van der Waals surface area contributed by atoms with Gasteiger partial charge in [-0.05, 0) is 43.7 Å². The smallest absolute Gasteiger partial charge is 0.260 e. The highest BCUT2D eigenvalue weighted by Crippen LogP contribution is 2.18. The molecule has 2 aromatic rings. The predicted octanol–water partition coefficient (Wildman–Crippen LogP) is 2.83. The van der Waals surface area contributed by atoms with Crippen molar-refractivity contribution < 1.29 is 14.3 Å². The fourth-order valence-electron chi connectivity index (χ4n) is 2.10. The monoisotopic (exact) mass is 324 g/mol. The van der Waals surface area contributed by atoms with Crippen molar-refractivity contribution in [2.75, 3.05) is 13.2 Å². The largest absolute Gasteiger partial charge is 0.492 e. The molecule has 0 spiro atoms. The summed E-state index contributed by atoms with van der Waals surface area (Å²) in [5, 5.41) is 11.8. The third-order valence-electron chi connectivity index (χ3n) is 3.34. The molecule has 0 saturated heterocycles. The van der Waals surface area contributed by atoms with Crippen LogP contribution < -0.4 is 14.8 Å². The molecule has 0 radical (unpaired) electrons. The maximum atomic E-state index is 12.0. The van der Waals surface area contributed by atoms with E-state index in [1.807, 2.05) is 37.3 Å². The Hall–Kier alpha value is -3.00. The molecule has 0 aliphatic heterocycles. The van der Waals surface area contributed by atoms with E-state index in [1.165, 1.54) is 0 Å². The molecule has 1 amide bonds. The quantitative estimate of drug-likeness (QED) is 0.795. The van der Waals surface area contributed by atoms with E-state index in [2.05, 4.69) is 5.32 Å². The molecule has 124 valence electrons. The summed E-state index contributed by atoms with van der Waals surface area (Å²) in [6, 6.07) is 16.6. The second-order valence-electron chi connectivity index (χ2n) is 5.32. The fourth-order valence-corrected chi connectivity index (χ4v) is 2.10. The van der Waals surface area contributed by atoms with Gasteiger partial charge in [-0.25, -0.2) is 0 Å². The van der Waals surface area contributed by atoms with Crippen molar-refractivity contribution in [1.82, 2.24) is 5.32 Å². The maximum Gasteiger partial charge on any atom is 0.260 e. The average Bonchev–Trinajstić information content (AvgIpc) is 2.59. The molecule has 0 bridgehead atoms. The van der Waals surface area contributed by atoms with Crippen LogP contribution in [0.3, 0.4) is 0 Å². The summed E-state index contributed by atoms with van der Waals surface area (Å²) in [5.41, 5.74) is 1.52. The molecule has 1 unspecified atom stereocenters. The number of nitrogens with zero attached hydrogens (tertiary/aromatic N) is 1. The number of para-hydroxylation sites is 1. The fraction of sp³-hybridized carbons (Fsp3) is 0.263. The SMILES string of the molecule is Cc1cccc(OCCNC(=O)C(C)Oc2ccccc2C#N)c1. The van der Waals surface area contributed by atoms with Gasteiger partial charge in [-0.3, -0.25) is 4.79 Å². The minimum Gasteiger partial charge on any atom is -0.492 e. The standard InChI is InChI=1S/C19H20N2O3/c1-14-6-5-8-17(12-14)23-11-10-21-19(22)15(2)24-18-9-4-3-7-16(18)13-20/h3-9,12,15H,10-11H2,1-2H3,(H,21,22). The van der Waals surface area contributed by atoms with Gasteiger partial charge >= 0.3 is 0 Å². The highest BCUT2D eigenvalue weighted by Gasteiger charge is 2.15. The number of aryl methyl sites for hydroxylation is 1. The van der Waals surface area contributed by atoms with E-state index in [4.69, 9.17) is 14.7 Å². The van der Waals surface area contributed by atoms with Crippen LogP contribution in [0.4, 0.5) is 0 Å². The molecule has 1 N–H and O–H groups in total. The lowest BCUT2D eigenvalue weighted by Gasteiger charge is -2.15. The Kier molecular flexibility index (Phi) is 6.21. The molecule has 1 atom stereocenters. The van der Waals surface area contributed by atoms with E-state index in [0.29, 0.717) is 24.5 Å². The van der Waals surface area contributed by atoms with E-state index in [-0.39, 0.29) is 5.91 Å². The zero-order valence-corrected chi connectivity index (χ0v) is 13.8. The first-order chi connectivity index (χ1) is 11.6. The lowest BCUT2D eigenvalue weighted by Crippen LogP contribution is -2.38. The van der Waals surface area contributed by atoms with Gasteiger partial charge in [0.05, 0.1) is 12.1 Å². The molecule has 0 aliphatic rings. The summed E-state index contributed by atoms with van der Waals surface area (Å²) >= 11 is 0. The zero-order valence-electron chi connectivity index (χ0n) is 13.8. The molecule has 0 saturated carbocycles. The van der Waals surface area contributed by atoms with Crippen molar-refractivity contribution >= 4 is 5.91 Å². The number of rotatable bonds is 7. The van der Waals surface area contributed by atoms with Crippen molar-refractivity contribution in [3.63, 3.8) is 0 Å². The number of hydrogen-bond donors (Lipinski definition) is 1. The van der Waals surface area contributed by atoms with Crippen molar-refractivity contribution in [3.05, 3.63) is 59.7 Å². The molecule has 24 heavy (non-hydrogen) atoms. The minimum atomic E-state index is -0.696. The van der Waals surface area contributed by atoms with Crippen LogP contribution in [0.15, 0.2) is 48.5 Å². The van der Waals surface area contributed by atoms with Gasteiger partial charge in [0.25, 0.3) is 5.91 Å². The molecule has 0 fully saturated rings. The summed E-state index contributed by atoms with van der Waals surface area (Å²) in [6.45, 7) is 4.38. The van der Waals surface area contributed by atoms with E-state index in [9.17, 15) is 4.79 Å². The van der Waals surface area contributed by atoms with Gasteiger partial charge in [-0.15, -0.1) is 0 Å². The summed E-state index contributed by atoms with van der Waals surface area (Å²) in [7, 11) is 0. The van der Waals surface area contributed by atoms with Gasteiger partial charge < -0.3 is 14.8 Å². The normalized spacial score (nSPS) is 11.2. The number of benzene rings is 2. The van der Waals surface area contributed by atoms with Crippen LogP contribution in [0, 0.1) is 18.3 Å². The lowest BCUT2D eigenvalue weighted by molar-refractivity contribution is -0.127. The van der Waals surface area contributed by atoms with Crippen LogP contribution in [0.2, 0.25) is 0 Å². The third kappa shape index (κ3) is 5.03. The van der Waals surface area contributed by atoms with Crippen LogP contribution in [0.1, 0.15) is 18.1 Å². The Bertz CT molecular complexity index is 737. The number of nitrogens with one attached hydrogen (secondary N) is 1. The molecule has 5 heteroatoms. The Balaban J connectivity index is 1.77. The molecule has 2 aromatic carbocycles. The third-order valence-corrected chi connectivity index (χ3v) is 3.34. The molecule has 2 rings (SSSR count). The van der Waals surface area contributed by atoms with Gasteiger partial charge in [-0.2, -0.15) is 5.26 Å². The van der Waals surface area contributed by atoms with Crippen molar-refractivity contribution in [2.45, 2.75) is 20.0 Å². The van der Waals surface area contributed by atoms with Crippen LogP contribution in [-0.2, 0) is 4.79 Å². The van der Waals surface area contributed by atoms with Gasteiger partial charge in [0.1, 0.15) is 24.2 Å². The Labute approximate surface area is 141 Å². The highest BCUT2D eigenvalue weighted by atomic mass is 16.5. The first-order valence-electron chi connectivity index (χ1n) is 7.73. The summed E-state index contributed by atoms with van der Waals surface area (Å²) < 4.78 is 11.1. The van der Waals surface area contributed by atoms with Crippen LogP contribution in [0.5, 0.6) is 11.5 Å². The van der Waals surface area contributed by atoms with E-state index < -0.39 is 6.10 Å². The Morgan fingerprint density at radius 3 is 2.79 bits per heavy atom. The Morgan fingerprint density at radius 1 is 1.25 bits per heavy atom. The number of carbonyl (C=O) groups excluding carboxylic acids is 1. The van der Waals surface area contributed by atoms with E-state index in [0.717, 1.165) is 11.3 Å². The summed E-state index contributed by atoms with van der Waals surface area (Å²) in [4.78, 5) is 12.0. The summed E-state index contributed by atoms with van der Waals surface area (Å²) in [6.07, 6.45) is -0.696. The van der Waals surface area contributed by atoms with Gasteiger partial charge in [0.2, 0.25) is 0 Å². The van der Waals surface area contributed by atoms with Gasteiger partial charge in [-0.1, -0.05) is 24.3 Å². The van der Waals surface area contributed by atoms with Gasteiger partial charge in [0.15, 0.2) is 6.10 Å². The topological polar surface area (TPSA) is 71.3 Å². The molecule has 0 aromatic heterocycles. The number of carbonyl (C=O) groups is 1. The number of hydrogen-bond acceptors (Lipinski definition) is 4. The Morgan fingerprint density at radius 2 is 2.04 bits per heavy atom. The lowest BCUT2D eigenvalue weighted by atomic mass is 10.2. The maximum absolute atomic E-state index is 12.0. The first kappa shape index (κ1) is 17.4. The second-order valence-corrected chi connectivity index (χ2v) is 5.32. The molecular weight excluding hydrogens is 304 g/mol. The van der Waals surface area contributed by atoms with E-state index in [1.54, 1.807) is 31.2 Å². The predicted molar refractivity (Wildman–Crippen MR) is 90.9 cm³/mol. The zero-order chi connectivity index (χ0) is 17.4. The number of amides is 1. The number of ether oxygens (including phenoxy) is 2. The number of nitriles is 1. The molecule has 0 aliphatic carbocycles. The van der Waals surface area contributed by atoms with Gasteiger partial charge in [0, 0.05) is 0 Å². The van der Waals surface area contributed by atoms with Crippen molar-refractivity contribution in [2.24, 2.45) is 0 Å². The first-order valence-corrected chi connectivity index (χ1v) is 7.73. The minimum absolute atomic E-state index is 0.254.